The van der Waals surface area contributed by atoms with Crippen molar-refractivity contribution in [1.29, 1.82) is 0 Å². The first kappa shape index (κ1) is 20.0. The Hall–Kier alpha value is -1.69. The number of hydrogen-bond donors (Lipinski definition) is 1. The normalized spacial score (nSPS) is 50.0. The number of carbonyl (C=O) groups excluding carboxylic acids is 1. The molecule has 0 amide bonds. The third-order valence-electron chi connectivity index (χ3n) is 9.76. The van der Waals surface area contributed by atoms with Crippen LogP contribution in [0.15, 0.2) is 46.3 Å². The van der Waals surface area contributed by atoms with Crippen molar-refractivity contribution < 1.29 is 23.8 Å². The number of aliphatic hydroxyl groups excluding tert-OH is 1. The number of furan rings is 1. The van der Waals surface area contributed by atoms with E-state index in [1.165, 1.54) is 16.7 Å². The van der Waals surface area contributed by atoms with Crippen LogP contribution in [0.25, 0.3) is 0 Å². The van der Waals surface area contributed by atoms with Gasteiger partial charge >= 0.3 is 0 Å². The number of allylic oxidation sites excluding steroid dienone is 3. The van der Waals surface area contributed by atoms with Crippen molar-refractivity contribution in [1.82, 2.24) is 0 Å². The van der Waals surface area contributed by atoms with Crippen LogP contribution in [0.4, 0.5) is 0 Å². The van der Waals surface area contributed by atoms with E-state index in [4.69, 9.17) is 13.9 Å². The first-order valence-electron chi connectivity index (χ1n) is 11.6. The third kappa shape index (κ3) is 2.20. The van der Waals surface area contributed by atoms with Crippen LogP contribution in [-0.4, -0.2) is 42.4 Å². The van der Waals surface area contributed by atoms with Gasteiger partial charge in [0.25, 0.3) is 0 Å². The predicted octanol–water partition coefficient (Wildman–Crippen LogP) is 4.04. The highest BCUT2D eigenvalue weighted by atomic mass is 16.6. The molecule has 1 saturated carbocycles. The minimum Gasteiger partial charge on any atom is -0.472 e. The van der Waals surface area contributed by atoms with Gasteiger partial charge in [-0.05, 0) is 61.3 Å². The summed E-state index contributed by atoms with van der Waals surface area (Å²) in [7, 11) is 0. The first-order valence-corrected chi connectivity index (χ1v) is 11.6. The zero-order valence-corrected chi connectivity index (χ0v) is 18.8. The van der Waals surface area contributed by atoms with Crippen LogP contribution >= 0.6 is 0 Å². The van der Waals surface area contributed by atoms with E-state index in [9.17, 15) is 9.90 Å². The van der Waals surface area contributed by atoms with Crippen molar-refractivity contribution in [2.45, 2.75) is 64.8 Å². The van der Waals surface area contributed by atoms with Crippen LogP contribution in [-0.2, 0) is 14.3 Å². The lowest BCUT2D eigenvalue weighted by atomic mass is 9.42. The maximum atomic E-state index is 13.0. The summed E-state index contributed by atoms with van der Waals surface area (Å²) in [6.45, 7) is 9.50. The molecule has 3 aliphatic carbocycles. The fraction of sp³-hybridized carbons (Fsp3) is 0.654. The van der Waals surface area contributed by atoms with Crippen LogP contribution in [0.3, 0.4) is 0 Å². The van der Waals surface area contributed by atoms with Crippen LogP contribution < -0.4 is 0 Å². The second-order valence-electron chi connectivity index (χ2n) is 11.1. The standard InChI is InChI=1S/C26H32O5/c1-14-16(15-7-10-29-12-15)11-17-20(14)26(4)18(6-9-27)24(2)8-5-19(28)25(3)13-30-21(22(24)25)23(26)31-17/h5,7-8,10,12,16-18,21-23,27H,6,9,11,13H2,1-4H3/t16-,17-,18-,21-,22?,23-,24-,25-,26-/m1/s1. The molecule has 5 aliphatic rings. The molecule has 1 aromatic rings. The zero-order valence-electron chi connectivity index (χ0n) is 18.8. The molecule has 5 nitrogen and oxygen atoms in total. The van der Waals surface area contributed by atoms with Crippen molar-refractivity contribution in [2.75, 3.05) is 13.2 Å². The van der Waals surface area contributed by atoms with Crippen molar-refractivity contribution >= 4 is 5.78 Å². The van der Waals surface area contributed by atoms with E-state index in [0.717, 1.165) is 6.42 Å². The molecule has 3 fully saturated rings. The molecule has 1 aromatic heterocycles. The van der Waals surface area contributed by atoms with E-state index in [1.807, 2.05) is 6.26 Å². The van der Waals surface area contributed by atoms with E-state index < -0.39 is 5.41 Å². The van der Waals surface area contributed by atoms with Crippen molar-refractivity contribution in [3.63, 3.8) is 0 Å². The van der Waals surface area contributed by atoms with Gasteiger partial charge in [-0.2, -0.15) is 0 Å². The lowest BCUT2D eigenvalue weighted by Gasteiger charge is -2.60. The van der Waals surface area contributed by atoms with Gasteiger partial charge in [0.15, 0.2) is 5.78 Å². The maximum Gasteiger partial charge on any atom is 0.163 e. The summed E-state index contributed by atoms with van der Waals surface area (Å²) in [5.74, 6) is 0.698. The van der Waals surface area contributed by atoms with Crippen molar-refractivity contribution in [3.8, 4) is 0 Å². The Balaban J connectivity index is 1.54. The van der Waals surface area contributed by atoms with Gasteiger partial charge < -0.3 is 19.0 Å². The van der Waals surface area contributed by atoms with Gasteiger partial charge in [-0.3, -0.25) is 4.79 Å². The molecular weight excluding hydrogens is 392 g/mol. The summed E-state index contributed by atoms with van der Waals surface area (Å²) in [6, 6.07) is 2.06. The van der Waals surface area contributed by atoms with E-state index in [0.29, 0.717) is 18.9 Å². The predicted molar refractivity (Wildman–Crippen MR) is 114 cm³/mol. The highest BCUT2D eigenvalue weighted by molar-refractivity contribution is 5.96. The SMILES string of the molecule is CC1=C2[C@@H](C[C@H]1c1ccoc1)O[C@@H]1[C@@H]3OC[C@]4(C)C(=O)C=C[C@@](C)(C34)[C@@H](CCO)[C@]21C. The first-order chi connectivity index (χ1) is 14.8. The minimum absolute atomic E-state index is 0.0509. The molecule has 0 aromatic carbocycles. The zero-order chi connectivity index (χ0) is 21.8. The van der Waals surface area contributed by atoms with Crippen molar-refractivity contribution in [2.24, 2.45) is 28.1 Å². The molecule has 0 radical (unpaired) electrons. The number of carbonyl (C=O) groups is 1. The van der Waals surface area contributed by atoms with Gasteiger partial charge in [-0.15, -0.1) is 0 Å². The summed E-state index contributed by atoms with van der Waals surface area (Å²) >= 11 is 0. The second kappa shape index (κ2) is 6.21. The molecule has 6 rings (SSSR count). The summed E-state index contributed by atoms with van der Waals surface area (Å²) < 4.78 is 18.6. The molecular formula is C26H32O5. The molecule has 3 heterocycles. The Morgan fingerprint density at radius 2 is 2.06 bits per heavy atom. The number of fused-ring (bicyclic) bond motifs is 4. The van der Waals surface area contributed by atoms with E-state index in [2.05, 4.69) is 39.8 Å². The molecule has 2 aliphatic heterocycles. The highest BCUT2D eigenvalue weighted by Crippen LogP contribution is 2.71. The summed E-state index contributed by atoms with van der Waals surface area (Å²) in [5, 5.41) is 10.1. The largest absolute Gasteiger partial charge is 0.472 e. The van der Waals surface area contributed by atoms with Gasteiger partial charge in [0.1, 0.15) is 0 Å². The molecule has 1 N–H and O–H groups in total. The number of ketones is 1. The second-order valence-corrected chi connectivity index (χ2v) is 11.1. The summed E-state index contributed by atoms with van der Waals surface area (Å²) in [6.07, 6.45) is 8.96. The van der Waals surface area contributed by atoms with Gasteiger partial charge in [0.2, 0.25) is 0 Å². The number of hydrogen-bond acceptors (Lipinski definition) is 5. The quantitative estimate of drug-likeness (QED) is 0.742. The Bertz CT molecular complexity index is 991. The number of ether oxygens (including phenoxy) is 2. The molecule has 9 atom stereocenters. The van der Waals surface area contributed by atoms with Gasteiger partial charge in [-0.25, -0.2) is 0 Å². The molecule has 31 heavy (non-hydrogen) atoms. The van der Waals surface area contributed by atoms with E-state index >= 15 is 0 Å². The van der Waals surface area contributed by atoms with Gasteiger partial charge in [0, 0.05) is 23.9 Å². The molecule has 166 valence electrons. The maximum absolute atomic E-state index is 13.0. The van der Waals surface area contributed by atoms with E-state index in [1.54, 1.807) is 12.3 Å². The van der Waals surface area contributed by atoms with Crippen LogP contribution in [0.1, 0.15) is 52.0 Å². The molecule has 2 saturated heterocycles. The number of aliphatic hydroxyl groups is 1. The monoisotopic (exact) mass is 424 g/mol. The third-order valence-corrected chi connectivity index (χ3v) is 9.76. The fourth-order valence-electron chi connectivity index (χ4n) is 8.59. The lowest BCUT2D eigenvalue weighted by molar-refractivity contribution is -0.173. The molecule has 0 bridgehead atoms. The minimum atomic E-state index is -0.521. The Labute approximate surface area is 183 Å². The van der Waals surface area contributed by atoms with Crippen LogP contribution in [0, 0.1) is 28.1 Å². The average Bonchev–Trinajstić information content (AvgIpc) is 3.48. The fourth-order valence-corrected chi connectivity index (χ4v) is 8.59. The Morgan fingerprint density at radius 3 is 2.77 bits per heavy atom. The summed E-state index contributed by atoms with van der Waals surface area (Å²) in [4.78, 5) is 13.0. The Morgan fingerprint density at radius 1 is 1.26 bits per heavy atom. The molecule has 5 heteroatoms. The van der Waals surface area contributed by atoms with Crippen molar-refractivity contribution in [3.05, 3.63) is 47.5 Å². The van der Waals surface area contributed by atoms with Crippen LogP contribution in [0.5, 0.6) is 0 Å². The topological polar surface area (TPSA) is 68.9 Å². The Kier molecular flexibility index (Phi) is 4.00. The smallest absolute Gasteiger partial charge is 0.163 e. The van der Waals surface area contributed by atoms with Crippen LogP contribution in [0.2, 0.25) is 0 Å². The molecule has 0 spiro atoms. The lowest BCUT2D eigenvalue weighted by Crippen LogP contribution is -2.64. The molecule has 1 unspecified atom stereocenters. The number of rotatable bonds is 3. The summed E-state index contributed by atoms with van der Waals surface area (Å²) in [5.41, 5.74) is 2.96. The van der Waals surface area contributed by atoms with Gasteiger partial charge in [0.05, 0.1) is 42.9 Å². The van der Waals surface area contributed by atoms with Gasteiger partial charge in [-0.1, -0.05) is 25.5 Å². The average molecular weight is 425 g/mol. The van der Waals surface area contributed by atoms with E-state index in [-0.39, 0.29) is 53.4 Å². The highest BCUT2D eigenvalue weighted by Gasteiger charge is 2.74.